The number of hydrogen-bond donors (Lipinski definition) is 2. The molecule has 1 saturated heterocycles. The summed E-state index contributed by atoms with van der Waals surface area (Å²) in [4.78, 5) is 14.4. The molecule has 1 aromatic rings. The molecule has 0 bridgehead atoms. The van der Waals surface area contributed by atoms with E-state index in [-0.39, 0.29) is 18.7 Å². The van der Waals surface area contributed by atoms with E-state index in [4.69, 9.17) is 0 Å². The van der Waals surface area contributed by atoms with Gasteiger partial charge in [-0.3, -0.25) is 0 Å². The Balaban J connectivity index is 1.60. The molecule has 1 atom stereocenters. The summed E-state index contributed by atoms with van der Waals surface area (Å²) in [6.45, 7) is 1.75. The molecule has 0 radical (unpaired) electrons. The normalized spacial score (nSPS) is 21.1. The van der Waals surface area contributed by atoms with Crippen LogP contribution in [0.15, 0.2) is 30.3 Å². The molecule has 4 heteroatoms. The minimum atomic E-state index is 0.0483. The number of likely N-dealkylation sites (tertiary alicyclic amines) is 1. The third kappa shape index (κ3) is 3.56. The van der Waals surface area contributed by atoms with Crippen LogP contribution in [0.3, 0.4) is 0 Å². The van der Waals surface area contributed by atoms with Gasteiger partial charge >= 0.3 is 6.03 Å². The van der Waals surface area contributed by atoms with Gasteiger partial charge in [0.2, 0.25) is 0 Å². The van der Waals surface area contributed by atoms with E-state index in [2.05, 4.69) is 17.4 Å². The molecule has 1 heterocycles. The van der Waals surface area contributed by atoms with Gasteiger partial charge in [-0.1, -0.05) is 30.3 Å². The van der Waals surface area contributed by atoms with Crippen LogP contribution in [0.25, 0.3) is 0 Å². The van der Waals surface area contributed by atoms with E-state index in [1.54, 1.807) is 0 Å². The van der Waals surface area contributed by atoms with Gasteiger partial charge in [0.1, 0.15) is 0 Å². The van der Waals surface area contributed by atoms with Crippen molar-refractivity contribution in [3.05, 3.63) is 35.9 Å². The molecule has 1 aliphatic heterocycles. The highest BCUT2D eigenvalue weighted by Gasteiger charge is 2.34. The highest BCUT2D eigenvalue weighted by Crippen LogP contribution is 2.41. The lowest BCUT2D eigenvalue weighted by molar-refractivity contribution is 0.135. The van der Waals surface area contributed by atoms with Gasteiger partial charge in [0, 0.05) is 19.7 Å². The largest absolute Gasteiger partial charge is 0.396 e. The number of aliphatic hydroxyl groups is 1. The second-order valence-corrected chi connectivity index (χ2v) is 6.29. The second kappa shape index (κ2) is 6.48. The first kappa shape index (κ1) is 14.4. The molecule has 2 amide bonds. The van der Waals surface area contributed by atoms with Gasteiger partial charge in [-0.25, -0.2) is 4.79 Å². The first-order valence-corrected chi connectivity index (χ1v) is 7.99. The molecule has 1 aromatic carbocycles. The van der Waals surface area contributed by atoms with Crippen molar-refractivity contribution in [1.29, 1.82) is 0 Å². The number of carbonyl (C=O) groups excluding carboxylic acids is 1. The van der Waals surface area contributed by atoms with Crippen LogP contribution in [0, 0.1) is 11.8 Å². The van der Waals surface area contributed by atoms with Gasteiger partial charge in [-0.05, 0) is 43.1 Å². The van der Waals surface area contributed by atoms with Gasteiger partial charge in [-0.2, -0.15) is 0 Å². The number of aliphatic hydroxyl groups excluding tert-OH is 1. The number of rotatable bonds is 4. The Labute approximate surface area is 126 Å². The highest BCUT2D eigenvalue weighted by molar-refractivity contribution is 5.75. The van der Waals surface area contributed by atoms with Crippen molar-refractivity contribution >= 4 is 6.03 Å². The van der Waals surface area contributed by atoms with E-state index < -0.39 is 0 Å². The average molecular weight is 288 g/mol. The Morgan fingerprint density at radius 3 is 2.43 bits per heavy atom. The zero-order chi connectivity index (χ0) is 14.7. The smallest absolute Gasteiger partial charge is 0.317 e. The lowest BCUT2D eigenvalue weighted by atomic mass is 9.98. The van der Waals surface area contributed by atoms with Crippen molar-refractivity contribution in [2.45, 2.75) is 31.7 Å². The number of urea groups is 1. The minimum Gasteiger partial charge on any atom is -0.396 e. The standard InChI is InChI=1S/C17H24N2O2/c20-12-13-8-10-19(11-9-13)17(21)18-16(15-6-7-15)14-4-2-1-3-5-14/h1-5,13,15-16,20H,6-12H2,(H,18,21). The van der Waals surface area contributed by atoms with Crippen molar-refractivity contribution in [3.8, 4) is 0 Å². The van der Waals surface area contributed by atoms with Crippen molar-refractivity contribution in [1.82, 2.24) is 10.2 Å². The van der Waals surface area contributed by atoms with Crippen LogP contribution in [-0.4, -0.2) is 35.7 Å². The van der Waals surface area contributed by atoms with Crippen LogP contribution in [-0.2, 0) is 0 Å². The van der Waals surface area contributed by atoms with E-state index >= 15 is 0 Å². The Bertz CT molecular complexity index is 465. The molecule has 2 fully saturated rings. The maximum absolute atomic E-state index is 12.5. The molecule has 1 saturated carbocycles. The van der Waals surface area contributed by atoms with Crippen LogP contribution < -0.4 is 5.32 Å². The summed E-state index contributed by atoms with van der Waals surface area (Å²) in [5.41, 5.74) is 1.21. The predicted molar refractivity (Wildman–Crippen MR) is 81.8 cm³/mol. The fourth-order valence-corrected chi connectivity index (χ4v) is 3.11. The molecule has 21 heavy (non-hydrogen) atoms. The molecular formula is C17H24N2O2. The third-order valence-corrected chi connectivity index (χ3v) is 4.69. The molecule has 0 spiro atoms. The Kier molecular flexibility index (Phi) is 4.44. The van der Waals surface area contributed by atoms with Crippen molar-refractivity contribution < 1.29 is 9.90 Å². The van der Waals surface area contributed by atoms with Gasteiger partial charge in [0.05, 0.1) is 6.04 Å². The van der Waals surface area contributed by atoms with E-state index in [9.17, 15) is 9.90 Å². The summed E-state index contributed by atoms with van der Waals surface area (Å²) in [7, 11) is 0. The summed E-state index contributed by atoms with van der Waals surface area (Å²) in [5.74, 6) is 0.953. The van der Waals surface area contributed by atoms with Gasteiger partial charge in [0.15, 0.2) is 0 Å². The van der Waals surface area contributed by atoms with E-state index in [1.807, 2.05) is 23.1 Å². The maximum atomic E-state index is 12.5. The zero-order valence-corrected chi connectivity index (χ0v) is 12.4. The molecule has 0 aromatic heterocycles. The van der Waals surface area contributed by atoms with Gasteiger partial charge in [0.25, 0.3) is 0 Å². The van der Waals surface area contributed by atoms with Crippen LogP contribution >= 0.6 is 0 Å². The summed E-state index contributed by atoms with van der Waals surface area (Å²) in [6.07, 6.45) is 4.21. The fraction of sp³-hybridized carbons (Fsp3) is 0.588. The molecule has 4 nitrogen and oxygen atoms in total. The SMILES string of the molecule is O=C(NC(c1ccccc1)C1CC1)N1CCC(CO)CC1. The number of hydrogen-bond acceptors (Lipinski definition) is 2. The predicted octanol–water partition coefficient (Wildman–Crippen LogP) is 2.55. The number of nitrogens with zero attached hydrogens (tertiary/aromatic N) is 1. The monoisotopic (exact) mass is 288 g/mol. The van der Waals surface area contributed by atoms with Crippen LogP contribution in [0.4, 0.5) is 4.79 Å². The van der Waals surface area contributed by atoms with Gasteiger partial charge in [-0.15, -0.1) is 0 Å². The number of amides is 2. The number of carbonyl (C=O) groups is 1. The topological polar surface area (TPSA) is 52.6 Å². The first-order chi connectivity index (χ1) is 10.3. The Morgan fingerprint density at radius 2 is 1.86 bits per heavy atom. The summed E-state index contributed by atoms with van der Waals surface area (Å²) >= 11 is 0. The number of nitrogens with one attached hydrogen (secondary N) is 1. The second-order valence-electron chi connectivity index (χ2n) is 6.29. The van der Waals surface area contributed by atoms with E-state index in [0.29, 0.717) is 11.8 Å². The lowest BCUT2D eigenvalue weighted by Crippen LogP contribution is -2.46. The number of benzene rings is 1. The zero-order valence-electron chi connectivity index (χ0n) is 12.4. The third-order valence-electron chi connectivity index (χ3n) is 4.69. The molecule has 2 aliphatic rings. The Hall–Kier alpha value is -1.55. The summed E-state index contributed by atoms with van der Waals surface area (Å²) in [5, 5.41) is 12.4. The highest BCUT2D eigenvalue weighted by atomic mass is 16.3. The van der Waals surface area contributed by atoms with E-state index in [0.717, 1.165) is 25.9 Å². The molecule has 1 unspecified atom stereocenters. The minimum absolute atomic E-state index is 0.0483. The molecule has 1 aliphatic carbocycles. The van der Waals surface area contributed by atoms with Gasteiger partial charge < -0.3 is 15.3 Å². The molecule has 114 valence electrons. The Morgan fingerprint density at radius 1 is 1.19 bits per heavy atom. The van der Waals surface area contributed by atoms with Crippen LogP contribution in [0.2, 0.25) is 0 Å². The van der Waals surface area contributed by atoms with Crippen molar-refractivity contribution in [2.24, 2.45) is 11.8 Å². The molecular weight excluding hydrogens is 264 g/mol. The van der Waals surface area contributed by atoms with E-state index in [1.165, 1.54) is 18.4 Å². The van der Waals surface area contributed by atoms with Crippen molar-refractivity contribution in [3.63, 3.8) is 0 Å². The molecule has 3 rings (SSSR count). The van der Waals surface area contributed by atoms with Crippen LogP contribution in [0.1, 0.15) is 37.3 Å². The number of piperidine rings is 1. The lowest BCUT2D eigenvalue weighted by Gasteiger charge is -2.32. The van der Waals surface area contributed by atoms with Crippen LogP contribution in [0.5, 0.6) is 0 Å². The summed E-state index contributed by atoms with van der Waals surface area (Å²) < 4.78 is 0. The van der Waals surface area contributed by atoms with Crippen molar-refractivity contribution in [2.75, 3.05) is 19.7 Å². The average Bonchev–Trinajstić information content (AvgIpc) is 3.38. The fourth-order valence-electron chi connectivity index (χ4n) is 3.11. The summed E-state index contributed by atoms with van der Waals surface area (Å²) in [6, 6.07) is 10.5. The quantitative estimate of drug-likeness (QED) is 0.894. The maximum Gasteiger partial charge on any atom is 0.317 e. The first-order valence-electron chi connectivity index (χ1n) is 7.99. The molecule has 2 N–H and O–H groups in total.